The molecule has 3 heterocycles. The van der Waals surface area contributed by atoms with E-state index in [9.17, 15) is 4.79 Å². The lowest BCUT2D eigenvalue weighted by Crippen LogP contribution is -2.49. The zero-order chi connectivity index (χ0) is 15.4. The van der Waals surface area contributed by atoms with E-state index in [-0.39, 0.29) is 24.8 Å². The lowest BCUT2D eigenvalue weighted by Gasteiger charge is -2.35. The number of hydrogen-bond donors (Lipinski definition) is 1. The Bertz CT molecular complexity index is 503. The van der Waals surface area contributed by atoms with Crippen LogP contribution < -0.4 is 10.2 Å². The first-order valence-corrected chi connectivity index (χ1v) is 8.89. The number of anilines is 1. The summed E-state index contributed by atoms with van der Waals surface area (Å²) in [4.78, 5) is 21.0. The summed E-state index contributed by atoms with van der Waals surface area (Å²) in [5.41, 5.74) is 0. The van der Waals surface area contributed by atoms with Crippen molar-refractivity contribution in [3.05, 3.63) is 22.8 Å². The fourth-order valence-corrected chi connectivity index (χ4v) is 3.43. The summed E-state index contributed by atoms with van der Waals surface area (Å²) in [5, 5.41) is 3.46. The third-order valence-electron chi connectivity index (χ3n) is 4.54. The number of aromatic nitrogens is 1. The van der Waals surface area contributed by atoms with Crippen molar-refractivity contribution in [2.75, 3.05) is 37.6 Å². The predicted molar refractivity (Wildman–Crippen MR) is 105 cm³/mol. The van der Waals surface area contributed by atoms with Crippen LogP contribution in [0.2, 0.25) is 0 Å². The van der Waals surface area contributed by atoms with Gasteiger partial charge in [0.05, 0.1) is 0 Å². The van der Waals surface area contributed by atoms with E-state index < -0.39 is 0 Å². The zero-order valence-electron chi connectivity index (χ0n) is 13.6. The Hall–Kier alpha value is -0.560. The lowest BCUT2D eigenvalue weighted by molar-refractivity contribution is -0.131. The molecule has 0 spiro atoms. The van der Waals surface area contributed by atoms with Gasteiger partial charge in [-0.05, 0) is 53.9 Å². The zero-order valence-corrected chi connectivity index (χ0v) is 16.8. The van der Waals surface area contributed by atoms with Crippen LogP contribution in [-0.2, 0) is 4.79 Å². The molecule has 3 rings (SSSR count). The average Bonchev–Trinajstić information content (AvgIpc) is 3.07. The first kappa shape index (κ1) is 21.5. The standard InChI is InChI=1S/C16H23BrN4O.2ClH/c17-13-3-5-15(19-12-13)20-8-10-21(11-9-20)16(22)6-4-14-2-1-7-18-14;;/h3,5,12,14,18H,1-2,4,6-11H2;2*1H. The lowest BCUT2D eigenvalue weighted by atomic mass is 10.1. The highest BCUT2D eigenvalue weighted by atomic mass is 79.9. The van der Waals surface area contributed by atoms with Gasteiger partial charge in [0.15, 0.2) is 0 Å². The molecule has 0 radical (unpaired) electrons. The van der Waals surface area contributed by atoms with E-state index in [2.05, 4.69) is 31.1 Å². The van der Waals surface area contributed by atoms with Crippen molar-refractivity contribution in [1.82, 2.24) is 15.2 Å². The van der Waals surface area contributed by atoms with Gasteiger partial charge in [0.2, 0.25) is 5.91 Å². The van der Waals surface area contributed by atoms with Gasteiger partial charge in [0, 0.05) is 49.3 Å². The van der Waals surface area contributed by atoms with Crippen molar-refractivity contribution in [1.29, 1.82) is 0 Å². The van der Waals surface area contributed by atoms with Crippen LogP contribution in [0.4, 0.5) is 5.82 Å². The molecule has 1 unspecified atom stereocenters. The topological polar surface area (TPSA) is 48.5 Å². The van der Waals surface area contributed by atoms with Gasteiger partial charge in [-0.3, -0.25) is 4.79 Å². The monoisotopic (exact) mass is 438 g/mol. The van der Waals surface area contributed by atoms with Crippen molar-refractivity contribution in [2.24, 2.45) is 0 Å². The number of carbonyl (C=O) groups is 1. The molecule has 1 atom stereocenters. The Labute approximate surface area is 164 Å². The van der Waals surface area contributed by atoms with E-state index in [0.29, 0.717) is 18.4 Å². The molecule has 1 N–H and O–H groups in total. The molecule has 0 saturated carbocycles. The number of nitrogens with zero attached hydrogens (tertiary/aromatic N) is 3. The molecule has 5 nitrogen and oxygen atoms in total. The molecule has 8 heteroatoms. The summed E-state index contributed by atoms with van der Waals surface area (Å²) in [6.45, 7) is 4.44. The fourth-order valence-electron chi connectivity index (χ4n) is 3.20. The first-order valence-electron chi connectivity index (χ1n) is 8.10. The van der Waals surface area contributed by atoms with Gasteiger partial charge in [0.25, 0.3) is 0 Å². The molecule has 136 valence electrons. The quantitative estimate of drug-likeness (QED) is 0.783. The number of hydrogen-bond acceptors (Lipinski definition) is 4. The molecular weight excluding hydrogens is 415 g/mol. The summed E-state index contributed by atoms with van der Waals surface area (Å²) < 4.78 is 0.991. The molecule has 1 aromatic rings. The SMILES string of the molecule is Cl.Cl.O=C(CCC1CCCN1)N1CCN(c2ccc(Br)cn2)CC1. The molecule has 1 amide bonds. The van der Waals surface area contributed by atoms with Gasteiger partial charge < -0.3 is 15.1 Å². The van der Waals surface area contributed by atoms with Gasteiger partial charge >= 0.3 is 0 Å². The summed E-state index contributed by atoms with van der Waals surface area (Å²) in [6, 6.07) is 4.58. The highest BCUT2D eigenvalue weighted by Gasteiger charge is 2.23. The highest BCUT2D eigenvalue weighted by molar-refractivity contribution is 9.10. The van der Waals surface area contributed by atoms with Crippen molar-refractivity contribution >= 4 is 52.5 Å². The summed E-state index contributed by atoms with van der Waals surface area (Å²) in [7, 11) is 0. The fraction of sp³-hybridized carbons (Fsp3) is 0.625. The summed E-state index contributed by atoms with van der Waals surface area (Å²) in [5.74, 6) is 1.29. The molecule has 2 saturated heterocycles. The van der Waals surface area contributed by atoms with Crippen LogP contribution in [0.15, 0.2) is 22.8 Å². The molecular formula is C16H25BrCl2N4O. The largest absolute Gasteiger partial charge is 0.353 e. The smallest absolute Gasteiger partial charge is 0.222 e. The Morgan fingerprint density at radius 3 is 2.58 bits per heavy atom. The first-order chi connectivity index (χ1) is 10.7. The molecule has 2 aliphatic rings. The Morgan fingerprint density at radius 1 is 1.25 bits per heavy atom. The number of carbonyl (C=O) groups excluding carboxylic acids is 1. The van der Waals surface area contributed by atoms with Crippen LogP contribution in [0.5, 0.6) is 0 Å². The maximum Gasteiger partial charge on any atom is 0.222 e. The van der Waals surface area contributed by atoms with Crippen LogP contribution in [0.25, 0.3) is 0 Å². The molecule has 0 aromatic carbocycles. The summed E-state index contributed by atoms with van der Waals surface area (Å²) >= 11 is 3.40. The minimum Gasteiger partial charge on any atom is -0.353 e. The number of pyridine rings is 1. The Kier molecular flexibility index (Phi) is 9.34. The number of nitrogens with one attached hydrogen (secondary N) is 1. The van der Waals surface area contributed by atoms with Crippen LogP contribution in [0.1, 0.15) is 25.7 Å². The third-order valence-corrected chi connectivity index (χ3v) is 5.01. The number of piperazine rings is 1. The highest BCUT2D eigenvalue weighted by Crippen LogP contribution is 2.17. The van der Waals surface area contributed by atoms with Crippen LogP contribution in [-0.4, -0.2) is 54.6 Å². The number of rotatable bonds is 4. The van der Waals surface area contributed by atoms with E-state index in [0.717, 1.165) is 49.4 Å². The van der Waals surface area contributed by atoms with Gasteiger partial charge in [-0.2, -0.15) is 0 Å². The minimum atomic E-state index is 0. The minimum absolute atomic E-state index is 0. The molecule has 2 aliphatic heterocycles. The number of halogens is 3. The van der Waals surface area contributed by atoms with Crippen LogP contribution in [0, 0.1) is 0 Å². The van der Waals surface area contributed by atoms with Gasteiger partial charge in [0.1, 0.15) is 5.82 Å². The maximum absolute atomic E-state index is 12.3. The second kappa shape index (κ2) is 10.4. The van der Waals surface area contributed by atoms with Crippen molar-refractivity contribution in [2.45, 2.75) is 31.7 Å². The van der Waals surface area contributed by atoms with Gasteiger partial charge in [-0.25, -0.2) is 4.98 Å². The maximum atomic E-state index is 12.3. The van der Waals surface area contributed by atoms with E-state index in [1.54, 1.807) is 0 Å². The Morgan fingerprint density at radius 2 is 2.00 bits per heavy atom. The van der Waals surface area contributed by atoms with Crippen molar-refractivity contribution in [3.63, 3.8) is 0 Å². The van der Waals surface area contributed by atoms with E-state index >= 15 is 0 Å². The van der Waals surface area contributed by atoms with E-state index in [1.807, 2.05) is 23.2 Å². The summed E-state index contributed by atoms with van der Waals surface area (Å²) in [6.07, 6.45) is 5.94. The molecule has 24 heavy (non-hydrogen) atoms. The number of amides is 1. The molecule has 0 aliphatic carbocycles. The second-order valence-corrected chi connectivity index (χ2v) is 6.95. The van der Waals surface area contributed by atoms with Crippen molar-refractivity contribution in [3.8, 4) is 0 Å². The second-order valence-electron chi connectivity index (χ2n) is 6.03. The molecule has 2 fully saturated rings. The van der Waals surface area contributed by atoms with Gasteiger partial charge in [-0.1, -0.05) is 0 Å². The normalized spacial score (nSPS) is 20.3. The Balaban J connectivity index is 0.00000144. The predicted octanol–water partition coefficient (Wildman–Crippen LogP) is 2.87. The van der Waals surface area contributed by atoms with Crippen LogP contribution >= 0.6 is 40.7 Å². The van der Waals surface area contributed by atoms with E-state index in [4.69, 9.17) is 0 Å². The average molecular weight is 440 g/mol. The van der Waals surface area contributed by atoms with Gasteiger partial charge in [-0.15, -0.1) is 24.8 Å². The third kappa shape index (κ3) is 5.76. The molecule has 1 aromatic heterocycles. The van der Waals surface area contributed by atoms with Crippen molar-refractivity contribution < 1.29 is 4.79 Å². The van der Waals surface area contributed by atoms with E-state index in [1.165, 1.54) is 12.8 Å². The molecule has 0 bridgehead atoms. The van der Waals surface area contributed by atoms with Crippen LogP contribution in [0.3, 0.4) is 0 Å².